The summed E-state index contributed by atoms with van der Waals surface area (Å²) < 4.78 is 81.7. The Balaban J connectivity index is 2.06. The van der Waals surface area contributed by atoms with Gasteiger partial charge < -0.3 is 4.90 Å². The number of rotatable bonds is 2. The highest BCUT2D eigenvalue weighted by Gasteiger charge is 2.39. The van der Waals surface area contributed by atoms with Gasteiger partial charge in [0.25, 0.3) is 0 Å². The summed E-state index contributed by atoms with van der Waals surface area (Å²) >= 11 is 0. The van der Waals surface area contributed by atoms with Gasteiger partial charge in [-0.1, -0.05) is 12.1 Å². The molecule has 0 saturated heterocycles. The van der Waals surface area contributed by atoms with Crippen LogP contribution < -0.4 is 4.90 Å². The lowest BCUT2D eigenvalue weighted by atomic mass is 10.1. The number of nitrogens with zero attached hydrogens (tertiary/aromatic N) is 4. The highest BCUT2D eigenvalue weighted by atomic mass is 19.4. The number of benzene rings is 1. The first kappa shape index (κ1) is 20.0. The van der Waals surface area contributed by atoms with E-state index in [1.807, 2.05) is 19.0 Å². The van der Waals surface area contributed by atoms with Gasteiger partial charge in [-0.3, -0.25) is 4.40 Å². The molecule has 0 aliphatic heterocycles. The first-order chi connectivity index (χ1) is 14.0. The summed E-state index contributed by atoms with van der Waals surface area (Å²) in [6.07, 6.45) is -8.62. The van der Waals surface area contributed by atoms with Crippen LogP contribution in [0.1, 0.15) is 11.3 Å². The van der Waals surface area contributed by atoms with E-state index in [0.717, 1.165) is 11.8 Å². The average molecular weight is 424 g/mol. The monoisotopic (exact) mass is 424 g/mol. The first-order valence-electron chi connectivity index (χ1n) is 8.70. The highest BCUT2D eigenvalue weighted by molar-refractivity contribution is 5.85. The van der Waals surface area contributed by atoms with E-state index < -0.39 is 34.6 Å². The molecule has 0 N–H and O–H groups in total. The maximum atomic E-state index is 13.5. The van der Waals surface area contributed by atoms with E-state index in [2.05, 4.69) is 9.97 Å². The quantitative estimate of drug-likeness (QED) is 0.390. The third-order valence-corrected chi connectivity index (χ3v) is 4.71. The van der Waals surface area contributed by atoms with Gasteiger partial charge in [-0.25, -0.2) is 9.97 Å². The van der Waals surface area contributed by atoms with Gasteiger partial charge in [0.05, 0.1) is 17.5 Å². The van der Waals surface area contributed by atoms with Crippen molar-refractivity contribution in [1.29, 1.82) is 0 Å². The van der Waals surface area contributed by atoms with Crippen LogP contribution in [-0.2, 0) is 12.4 Å². The molecule has 0 fully saturated rings. The number of pyridine rings is 2. The molecule has 0 spiro atoms. The maximum Gasteiger partial charge on any atom is 0.433 e. The molecule has 0 unspecified atom stereocenters. The van der Waals surface area contributed by atoms with Crippen LogP contribution in [0.2, 0.25) is 0 Å². The molecule has 0 atom stereocenters. The van der Waals surface area contributed by atoms with Gasteiger partial charge in [-0.15, -0.1) is 0 Å². The van der Waals surface area contributed by atoms with E-state index in [9.17, 15) is 26.3 Å². The predicted molar refractivity (Wildman–Crippen MR) is 100 cm³/mol. The minimum absolute atomic E-state index is 0.0383. The van der Waals surface area contributed by atoms with E-state index in [4.69, 9.17) is 0 Å². The zero-order chi connectivity index (χ0) is 21.8. The van der Waals surface area contributed by atoms with Crippen molar-refractivity contribution in [3.8, 4) is 11.3 Å². The van der Waals surface area contributed by atoms with Crippen molar-refractivity contribution in [2.75, 3.05) is 19.0 Å². The lowest BCUT2D eigenvalue weighted by molar-refractivity contribution is -0.144. The highest BCUT2D eigenvalue weighted by Crippen LogP contribution is 2.39. The Morgan fingerprint density at radius 1 is 0.867 bits per heavy atom. The van der Waals surface area contributed by atoms with Gasteiger partial charge in [-0.2, -0.15) is 26.3 Å². The minimum atomic E-state index is -5.04. The zero-order valence-electron chi connectivity index (χ0n) is 15.7. The summed E-state index contributed by atoms with van der Waals surface area (Å²) in [5.74, 6) is 0. The van der Waals surface area contributed by atoms with Crippen LogP contribution in [0.5, 0.6) is 0 Å². The molecular formula is C20H14F6N4. The molecule has 10 heteroatoms. The summed E-state index contributed by atoms with van der Waals surface area (Å²) in [6, 6.07) is 9.46. The normalized spacial score (nSPS) is 12.7. The largest absolute Gasteiger partial charge is 0.433 e. The minimum Gasteiger partial charge on any atom is -0.378 e. The molecule has 0 bridgehead atoms. The van der Waals surface area contributed by atoms with Gasteiger partial charge in [0.1, 0.15) is 17.0 Å². The average Bonchev–Trinajstić information content (AvgIpc) is 3.10. The molecule has 0 saturated carbocycles. The van der Waals surface area contributed by atoms with Crippen molar-refractivity contribution < 1.29 is 26.3 Å². The fourth-order valence-electron chi connectivity index (χ4n) is 3.25. The summed E-state index contributed by atoms with van der Waals surface area (Å²) in [6.45, 7) is 0. The van der Waals surface area contributed by atoms with Gasteiger partial charge in [0, 0.05) is 30.7 Å². The second-order valence-corrected chi connectivity index (χ2v) is 6.90. The molecule has 0 amide bonds. The van der Waals surface area contributed by atoms with Crippen LogP contribution in [0.25, 0.3) is 27.9 Å². The lowest BCUT2D eigenvalue weighted by Crippen LogP contribution is -2.14. The lowest BCUT2D eigenvalue weighted by Gasteiger charge is -2.16. The van der Waals surface area contributed by atoms with Crippen LogP contribution >= 0.6 is 0 Å². The van der Waals surface area contributed by atoms with Crippen LogP contribution in [0.15, 0.2) is 48.7 Å². The summed E-state index contributed by atoms with van der Waals surface area (Å²) in [4.78, 5) is 9.54. The fraction of sp³-hybridized carbons (Fsp3) is 0.200. The molecule has 4 aromatic rings. The van der Waals surface area contributed by atoms with Crippen LogP contribution in [-0.4, -0.2) is 28.5 Å². The van der Waals surface area contributed by atoms with E-state index in [1.165, 1.54) is 16.7 Å². The Morgan fingerprint density at radius 3 is 2.10 bits per heavy atom. The summed E-state index contributed by atoms with van der Waals surface area (Å²) in [5, 5.41) is -0.438. The topological polar surface area (TPSA) is 33.4 Å². The second kappa shape index (κ2) is 6.61. The molecule has 4 nitrogen and oxygen atoms in total. The number of fused-ring (bicyclic) bond motifs is 3. The molecule has 3 aromatic heterocycles. The van der Waals surface area contributed by atoms with Crippen molar-refractivity contribution >= 4 is 22.4 Å². The Kier molecular flexibility index (Phi) is 4.41. The standard InChI is InChI=1S/C20H14F6N4/c1-29(2)12-5-3-11(4-6-12)15-10-27-17-8-7-13-14(19(21,22)23)9-16(20(24,25)26)28-18(13)30(15)17/h3-10H,1-2H3. The van der Waals surface area contributed by atoms with E-state index in [1.54, 1.807) is 24.3 Å². The van der Waals surface area contributed by atoms with Gasteiger partial charge >= 0.3 is 12.4 Å². The van der Waals surface area contributed by atoms with Crippen molar-refractivity contribution in [3.05, 3.63) is 59.9 Å². The number of alkyl halides is 6. The molecule has 4 rings (SSSR count). The third kappa shape index (κ3) is 3.31. The zero-order valence-corrected chi connectivity index (χ0v) is 15.7. The second-order valence-electron chi connectivity index (χ2n) is 6.90. The Bertz CT molecular complexity index is 1240. The van der Waals surface area contributed by atoms with Crippen molar-refractivity contribution in [3.63, 3.8) is 0 Å². The van der Waals surface area contributed by atoms with Gasteiger partial charge in [0.2, 0.25) is 0 Å². The number of anilines is 1. The van der Waals surface area contributed by atoms with E-state index in [-0.39, 0.29) is 11.7 Å². The first-order valence-corrected chi connectivity index (χ1v) is 8.70. The molecule has 1 aromatic carbocycles. The van der Waals surface area contributed by atoms with Gasteiger partial charge in [-0.05, 0) is 30.3 Å². The fourth-order valence-corrected chi connectivity index (χ4v) is 3.25. The molecule has 0 aliphatic rings. The predicted octanol–water partition coefficient (Wildman–Crippen LogP) is 5.65. The Morgan fingerprint density at radius 2 is 1.53 bits per heavy atom. The van der Waals surface area contributed by atoms with Crippen LogP contribution in [0, 0.1) is 0 Å². The Labute approximate surface area is 166 Å². The number of halogens is 6. The SMILES string of the molecule is CN(C)c1ccc(-c2cnc3ccc4c(C(F)(F)F)cc(C(F)(F)F)nc4n23)cc1. The molecular weight excluding hydrogens is 410 g/mol. The molecule has 0 radical (unpaired) electrons. The van der Waals surface area contributed by atoms with Crippen molar-refractivity contribution in [2.24, 2.45) is 0 Å². The van der Waals surface area contributed by atoms with E-state index >= 15 is 0 Å². The summed E-state index contributed by atoms with van der Waals surface area (Å²) in [5.41, 5.74) is -1.49. The van der Waals surface area contributed by atoms with Crippen LogP contribution in [0.4, 0.5) is 32.0 Å². The van der Waals surface area contributed by atoms with E-state index in [0.29, 0.717) is 11.3 Å². The molecule has 30 heavy (non-hydrogen) atoms. The van der Waals surface area contributed by atoms with Crippen molar-refractivity contribution in [1.82, 2.24) is 14.4 Å². The number of hydrogen-bond acceptors (Lipinski definition) is 3. The van der Waals surface area contributed by atoms with Crippen molar-refractivity contribution in [2.45, 2.75) is 12.4 Å². The third-order valence-electron chi connectivity index (χ3n) is 4.71. The van der Waals surface area contributed by atoms with Crippen LogP contribution in [0.3, 0.4) is 0 Å². The molecule has 0 aliphatic carbocycles. The molecule has 156 valence electrons. The Hall–Kier alpha value is -3.30. The number of aromatic nitrogens is 3. The van der Waals surface area contributed by atoms with Gasteiger partial charge in [0.15, 0.2) is 0 Å². The smallest absolute Gasteiger partial charge is 0.378 e. The number of imidazole rings is 1. The maximum absolute atomic E-state index is 13.5. The molecule has 3 heterocycles. The number of hydrogen-bond donors (Lipinski definition) is 0. The summed E-state index contributed by atoms with van der Waals surface area (Å²) in [7, 11) is 3.69.